The second-order valence-corrected chi connectivity index (χ2v) is 2.98. The van der Waals surface area contributed by atoms with Crippen molar-refractivity contribution in [3.63, 3.8) is 0 Å². The second kappa shape index (κ2) is 4.33. The molecule has 1 atom stereocenters. The van der Waals surface area contributed by atoms with Crippen molar-refractivity contribution >= 4 is 5.97 Å². The Morgan fingerprint density at radius 2 is 2.20 bits per heavy atom. The summed E-state index contributed by atoms with van der Waals surface area (Å²) in [4.78, 5) is 10.6. The van der Waals surface area contributed by atoms with E-state index in [2.05, 4.69) is 5.10 Å². The van der Waals surface area contributed by atoms with E-state index < -0.39 is 25.1 Å². The smallest absolute Gasteiger partial charge is 0.339 e. The van der Waals surface area contributed by atoms with Crippen LogP contribution in [0.2, 0.25) is 0 Å². The molecule has 0 aromatic carbocycles. The van der Waals surface area contributed by atoms with Crippen molar-refractivity contribution in [3.05, 3.63) is 17.5 Å². The zero-order chi connectivity index (χ0) is 11.6. The highest BCUT2D eigenvalue weighted by atomic mass is 19.3. The van der Waals surface area contributed by atoms with Gasteiger partial charge in [0, 0.05) is 5.69 Å². The van der Waals surface area contributed by atoms with Gasteiger partial charge in [0.05, 0.1) is 12.7 Å². The van der Waals surface area contributed by atoms with Gasteiger partial charge in [0.1, 0.15) is 5.56 Å². The van der Waals surface area contributed by atoms with E-state index in [1.165, 1.54) is 6.92 Å². The molecule has 0 spiro atoms. The summed E-state index contributed by atoms with van der Waals surface area (Å²) >= 11 is 0. The fourth-order valence-corrected chi connectivity index (χ4v) is 1.09. The van der Waals surface area contributed by atoms with Crippen LogP contribution in [0.25, 0.3) is 0 Å². The lowest BCUT2D eigenvalue weighted by Crippen LogP contribution is -2.21. The van der Waals surface area contributed by atoms with Gasteiger partial charge in [-0.1, -0.05) is 0 Å². The quantitative estimate of drug-likeness (QED) is 0.839. The molecule has 1 aromatic heterocycles. The summed E-state index contributed by atoms with van der Waals surface area (Å²) < 4.78 is 37.3. The molecule has 0 saturated carbocycles. The molecule has 1 rings (SSSR count). The molecule has 0 aliphatic carbocycles. The molecule has 15 heavy (non-hydrogen) atoms. The molecule has 0 aliphatic rings. The average molecular weight is 222 g/mol. The maximum Gasteiger partial charge on any atom is 0.339 e. The van der Waals surface area contributed by atoms with E-state index in [1.54, 1.807) is 0 Å². The maximum atomic E-state index is 12.6. The summed E-state index contributed by atoms with van der Waals surface area (Å²) in [5.74, 6) is -1.22. The summed E-state index contributed by atoms with van der Waals surface area (Å²) in [5.41, 5.74) is 0.0438. The van der Waals surface area contributed by atoms with E-state index in [-0.39, 0.29) is 11.3 Å². The number of carboxylic acids is 1. The minimum Gasteiger partial charge on any atom is -0.478 e. The molecule has 1 N–H and O–H groups in total. The molecule has 0 radical (unpaired) electrons. The van der Waals surface area contributed by atoms with Gasteiger partial charge in [-0.15, -0.1) is 0 Å². The van der Waals surface area contributed by atoms with Crippen molar-refractivity contribution in [1.29, 1.82) is 0 Å². The Labute approximate surface area is 83.3 Å². The van der Waals surface area contributed by atoms with Gasteiger partial charge in [-0.25, -0.2) is 18.0 Å². The van der Waals surface area contributed by atoms with Crippen LogP contribution in [0.1, 0.15) is 16.1 Å². The van der Waals surface area contributed by atoms with Gasteiger partial charge in [-0.2, -0.15) is 5.10 Å². The van der Waals surface area contributed by atoms with Gasteiger partial charge >= 0.3 is 5.97 Å². The van der Waals surface area contributed by atoms with Crippen molar-refractivity contribution in [2.45, 2.75) is 26.1 Å². The maximum absolute atomic E-state index is 12.6. The number of carbonyl (C=O) groups is 1. The van der Waals surface area contributed by atoms with Crippen LogP contribution in [0.5, 0.6) is 0 Å². The summed E-state index contributed by atoms with van der Waals surface area (Å²) in [7, 11) is 0. The van der Waals surface area contributed by atoms with Gasteiger partial charge in [0.2, 0.25) is 0 Å². The lowest BCUT2D eigenvalue weighted by Gasteiger charge is -2.08. The number of hydrogen-bond acceptors (Lipinski definition) is 2. The zero-order valence-corrected chi connectivity index (χ0v) is 7.82. The zero-order valence-electron chi connectivity index (χ0n) is 7.82. The van der Waals surface area contributed by atoms with Crippen molar-refractivity contribution in [1.82, 2.24) is 9.78 Å². The highest BCUT2D eigenvalue weighted by molar-refractivity contribution is 5.88. The predicted molar refractivity (Wildman–Crippen MR) is 44.8 cm³/mol. The monoisotopic (exact) mass is 222 g/mol. The number of halogens is 3. The number of aromatic nitrogens is 2. The summed E-state index contributed by atoms with van der Waals surface area (Å²) in [6, 6.07) is 0. The predicted octanol–water partition coefficient (Wildman–Crippen LogP) is 1.49. The number of nitrogens with zero attached hydrogens (tertiary/aromatic N) is 2. The Morgan fingerprint density at radius 1 is 1.60 bits per heavy atom. The van der Waals surface area contributed by atoms with Crippen LogP contribution in [0.15, 0.2) is 6.20 Å². The van der Waals surface area contributed by atoms with Crippen molar-refractivity contribution in [2.24, 2.45) is 0 Å². The van der Waals surface area contributed by atoms with Crippen LogP contribution in [0.3, 0.4) is 0 Å². The van der Waals surface area contributed by atoms with Gasteiger partial charge in [-0.3, -0.25) is 4.68 Å². The molecule has 4 nitrogen and oxygen atoms in total. The van der Waals surface area contributed by atoms with Crippen LogP contribution in [0, 0.1) is 6.92 Å². The molecule has 7 heteroatoms. The van der Waals surface area contributed by atoms with Crippen LogP contribution in [-0.4, -0.2) is 33.5 Å². The normalized spacial score (nSPS) is 13.1. The molecule has 1 unspecified atom stereocenters. The second-order valence-electron chi connectivity index (χ2n) is 2.98. The SMILES string of the molecule is Cc1c(C(=O)O)cnn1CC(F)C(F)F. The Morgan fingerprint density at radius 3 is 2.60 bits per heavy atom. The molecule has 0 amide bonds. The van der Waals surface area contributed by atoms with Gasteiger partial charge in [0.15, 0.2) is 6.17 Å². The van der Waals surface area contributed by atoms with E-state index in [1.807, 2.05) is 0 Å². The van der Waals surface area contributed by atoms with Crippen molar-refractivity contribution < 1.29 is 23.1 Å². The first-order chi connectivity index (χ1) is 6.93. The third kappa shape index (κ3) is 2.48. The fourth-order valence-electron chi connectivity index (χ4n) is 1.09. The lowest BCUT2D eigenvalue weighted by atomic mass is 10.2. The molecule has 0 saturated heterocycles. The van der Waals surface area contributed by atoms with Gasteiger partial charge < -0.3 is 5.11 Å². The third-order valence-electron chi connectivity index (χ3n) is 1.95. The first-order valence-electron chi connectivity index (χ1n) is 4.11. The number of aromatic carboxylic acids is 1. The topological polar surface area (TPSA) is 55.1 Å². The van der Waals surface area contributed by atoms with Crippen molar-refractivity contribution in [2.75, 3.05) is 0 Å². The van der Waals surface area contributed by atoms with E-state index in [0.29, 0.717) is 0 Å². The summed E-state index contributed by atoms with van der Waals surface area (Å²) in [5, 5.41) is 12.1. The van der Waals surface area contributed by atoms with Crippen LogP contribution < -0.4 is 0 Å². The molecule has 0 aliphatic heterocycles. The summed E-state index contributed by atoms with van der Waals surface area (Å²) in [6.07, 6.45) is -4.43. The first-order valence-corrected chi connectivity index (χ1v) is 4.11. The van der Waals surface area contributed by atoms with Crippen LogP contribution in [0.4, 0.5) is 13.2 Å². The van der Waals surface area contributed by atoms with E-state index in [4.69, 9.17) is 5.11 Å². The Bertz CT molecular complexity index is 365. The van der Waals surface area contributed by atoms with Crippen molar-refractivity contribution in [3.8, 4) is 0 Å². The Hall–Kier alpha value is -1.53. The third-order valence-corrected chi connectivity index (χ3v) is 1.95. The first kappa shape index (κ1) is 11.5. The molecular weight excluding hydrogens is 213 g/mol. The number of carboxylic acid groups (broad SMARTS) is 1. The van der Waals surface area contributed by atoms with E-state index in [0.717, 1.165) is 10.9 Å². The lowest BCUT2D eigenvalue weighted by molar-refractivity contribution is 0.0383. The standard InChI is InChI=1S/C8H9F3N2O2/c1-4-5(8(14)15)2-12-13(4)3-6(9)7(10)11/h2,6-7H,3H2,1H3,(H,14,15). The minimum absolute atomic E-state index is 0.114. The number of hydrogen-bond donors (Lipinski definition) is 1. The Balaban J connectivity index is 2.83. The molecule has 0 bridgehead atoms. The average Bonchev–Trinajstić information content (AvgIpc) is 2.48. The largest absolute Gasteiger partial charge is 0.478 e. The van der Waals surface area contributed by atoms with Crippen LogP contribution >= 0.6 is 0 Å². The molecule has 1 heterocycles. The number of rotatable bonds is 4. The minimum atomic E-state index is -3.10. The van der Waals surface area contributed by atoms with Crippen LogP contribution in [-0.2, 0) is 6.54 Å². The highest BCUT2D eigenvalue weighted by Crippen LogP contribution is 2.12. The van der Waals surface area contributed by atoms with E-state index >= 15 is 0 Å². The molecule has 0 fully saturated rings. The molecule has 84 valence electrons. The van der Waals surface area contributed by atoms with Gasteiger partial charge in [-0.05, 0) is 6.92 Å². The fraction of sp³-hybridized carbons (Fsp3) is 0.500. The number of alkyl halides is 3. The Kier molecular flexibility index (Phi) is 3.33. The molecule has 1 aromatic rings. The van der Waals surface area contributed by atoms with Gasteiger partial charge in [0.25, 0.3) is 6.43 Å². The highest BCUT2D eigenvalue weighted by Gasteiger charge is 2.22. The molecular formula is C8H9F3N2O2. The van der Waals surface area contributed by atoms with E-state index in [9.17, 15) is 18.0 Å². The summed E-state index contributed by atoms with van der Waals surface area (Å²) in [6.45, 7) is 0.741.